The number of halogens is 1. The number of guanidine groups is 1. The van der Waals surface area contributed by atoms with Crippen LogP contribution in [0.1, 0.15) is 38.2 Å². The van der Waals surface area contributed by atoms with Gasteiger partial charge in [0.25, 0.3) is 0 Å². The van der Waals surface area contributed by atoms with Gasteiger partial charge in [0.05, 0.1) is 6.61 Å². The number of hydrogen-bond donors (Lipinski definition) is 2. The minimum absolute atomic E-state index is 0. The van der Waals surface area contributed by atoms with Crippen molar-refractivity contribution in [1.82, 2.24) is 20.4 Å². The van der Waals surface area contributed by atoms with Crippen molar-refractivity contribution < 1.29 is 4.74 Å². The summed E-state index contributed by atoms with van der Waals surface area (Å²) in [4.78, 5) is 9.58. The number of piperidine rings is 1. The fourth-order valence-electron chi connectivity index (χ4n) is 4.24. The van der Waals surface area contributed by atoms with Crippen LogP contribution < -0.4 is 10.6 Å². The van der Waals surface area contributed by atoms with Crippen molar-refractivity contribution >= 4 is 29.9 Å². The number of hydrogen-bond acceptors (Lipinski definition) is 4. The number of benzene rings is 1. The standard InChI is InChI=1S/C23H39N5O.HI/c1-19-17-21(11-13-28(19)18-20-7-5-4-6-8-20)26-23(24-2)25-12-14-27(15-16-29-3)22-9-10-22;/h4-8,19,21-22H,9-18H2,1-3H3,(H2,24,25,26);1H. The fraction of sp³-hybridized carbons (Fsp3) is 0.696. The van der Waals surface area contributed by atoms with Crippen LogP contribution in [0.15, 0.2) is 35.3 Å². The Morgan fingerprint density at radius 1 is 1.20 bits per heavy atom. The number of likely N-dealkylation sites (tertiary alicyclic amines) is 1. The molecule has 2 unspecified atom stereocenters. The van der Waals surface area contributed by atoms with Crippen molar-refractivity contribution in [2.24, 2.45) is 4.99 Å². The van der Waals surface area contributed by atoms with Crippen LogP contribution in [-0.2, 0) is 11.3 Å². The number of aliphatic imine (C=N–C) groups is 1. The van der Waals surface area contributed by atoms with Crippen molar-refractivity contribution in [2.45, 2.75) is 57.3 Å². The molecule has 7 heteroatoms. The Labute approximate surface area is 199 Å². The van der Waals surface area contributed by atoms with Gasteiger partial charge in [-0.2, -0.15) is 0 Å². The third-order valence-electron chi connectivity index (χ3n) is 6.14. The van der Waals surface area contributed by atoms with Gasteiger partial charge < -0.3 is 15.4 Å². The second-order valence-corrected chi connectivity index (χ2v) is 8.43. The molecule has 0 radical (unpaired) electrons. The molecule has 1 saturated heterocycles. The number of rotatable bonds is 10. The Bertz CT molecular complexity index is 625. The van der Waals surface area contributed by atoms with E-state index in [4.69, 9.17) is 4.74 Å². The van der Waals surface area contributed by atoms with Crippen LogP contribution in [0.2, 0.25) is 0 Å². The molecule has 1 aliphatic carbocycles. The first kappa shape index (κ1) is 25.4. The normalized spacial score (nSPS) is 22.6. The summed E-state index contributed by atoms with van der Waals surface area (Å²) in [6, 6.07) is 12.6. The van der Waals surface area contributed by atoms with Crippen molar-refractivity contribution in [1.29, 1.82) is 0 Å². The van der Waals surface area contributed by atoms with Gasteiger partial charge in [-0.05, 0) is 38.2 Å². The quantitative estimate of drug-likeness (QED) is 0.278. The highest BCUT2D eigenvalue weighted by atomic mass is 127. The van der Waals surface area contributed by atoms with Crippen LogP contribution >= 0.6 is 24.0 Å². The van der Waals surface area contributed by atoms with Crippen molar-refractivity contribution in [3.63, 3.8) is 0 Å². The molecule has 0 bridgehead atoms. The van der Waals surface area contributed by atoms with E-state index in [2.05, 4.69) is 62.7 Å². The zero-order valence-electron chi connectivity index (χ0n) is 18.8. The van der Waals surface area contributed by atoms with Gasteiger partial charge in [-0.15, -0.1) is 24.0 Å². The number of nitrogens with one attached hydrogen (secondary N) is 2. The minimum atomic E-state index is 0. The van der Waals surface area contributed by atoms with Gasteiger partial charge >= 0.3 is 0 Å². The zero-order chi connectivity index (χ0) is 20.5. The second-order valence-electron chi connectivity index (χ2n) is 8.43. The lowest BCUT2D eigenvalue weighted by Crippen LogP contribution is -2.52. The Morgan fingerprint density at radius 2 is 1.97 bits per heavy atom. The predicted octanol–water partition coefficient (Wildman–Crippen LogP) is 2.93. The second kappa shape index (κ2) is 13.5. The first-order valence-electron chi connectivity index (χ1n) is 11.2. The van der Waals surface area contributed by atoms with E-state index in [9.17, 15) is 0 Å². The van der Waals surface area contributed by atoms with Crippen LogP contribution in [0.4, 0.5) is 0 Å². The molecule has 1 saturated carbocycles. The molecule has 0 amide bonds. The summed E-state index contributed by atoms with van der Waals surface area (Å²) in [5.74, 6) is 0.932. The van der Waals surface area contributed by atoms with E-state index in [1.807, 2.05) is 7.05 Å². The summed E-state index contributed by atoms with van der Waals surface area (Å²) in [5.41, 5.74) is 1.40. The maximum atomic E-state index is 5.25. The van der Waals surface area contributed by atoms with Crippen molar-refractivity contribution in [3.8, 4) is 0 Å². The molecule has 1 aromatic rings. The van der Waals surface area contributed by atoms with E-state index in [0.717, 1.165) is 64.2 Å². The number of ether oxygens (including phenoxy) is 1. The topological polar surface area (TPSA) is 52.1 Å². The maximum Gasteiger partial charge on any atom is 0.191 e. The van der Waals surface area contributed by atoms with Crippen LogP contribution in [0.5, 0.6) is 0 Å². The Balaban J connectivity index is 0.00000320. The number of methoxy groups -OCH3 is 1. The molecule has 0 spiro atoms. The molecule has 6 nitrogen and oxygen atoms in total. The van der Waals surface area contributed by atoms with Crippen LogP contribution in [0.25, 0.3) is 0 Å². The summed E-state index contributed by atoms with van der Waals surface area (Å²) in [6.07, 6.45) is 4.96. The summed E-state index contributed by atoms with van der Waals surface area (Å²) in [7, 11) is 3.65. The van der Waals surface area contributed by atoms with Crippen LogP contribution in [-0.4, -0.2) is 80.8 Å². The Hall–Kier alpha value is -0.900. The Morgan fingerprint density at radius 3 is 2.60 bits per heavy atom. The maximum absolute atomic E-state index is 5.25. The predicted molar refractivity (Wildman–Crippen MR) is 136 cm³/mol. The average molecular weight is 530 g/mol. The molecule has 3 rings (SSSR count). The molecular formula is C23H40IN5O. The lowest BCUT2D eigenvalue weighted by atomic mass is 9.97. The molecule has 1 heterocycles. The summed E-state index contributed by atoms with van der Waals surface area (Å²) < 4.78 is 5.25. The van der Waals surface area contributed by atoms with E-state index in [0.29, 0.717) is 12.1 Å². The minimum Gasteiger partial charge on any atom is -0.383 e. The number of nitrogens with zero attached hydrogens (tertiary/aromatic N) is 3. The molecule has 2 aliphatic rings. The SMILES string of the molecule is CN=C(NCCN(CCOC)C1CC1)NC1CCN(Cc2ccccc2)C(C)C1.I. The van der Waals surface area contributed by atoms with Crippen LogP contribution in [0.3, 0.4) is 0 Å². The van der Waals surface area contributed by atoms with E-state index >= 15 is 0 Å². The summed E-state index contributed by atoms with van der Waals surface area (Å²) in [5, 5.41) is 7.17. The van der Waals surface area contributed by atoms with Crippen molar-refractivity contribution in [3.05, 3.63) is 35.9 Å². The van der Waals surface area contributed by atoms with Gasteiger partial charge in [-0.3, -0.25) is 14.8 Å². The largest absolute Gasteiger partial charge is 0.383 e. The third kappa shape index (κ3) is 8.32. The monoisotopic (exact) mass is 529 g/mol. The average Bonchev–Trinajstić information content (AvgIpc) is 3.57. The van der Waals surface area contributed by atoms with E-state index in [1.165, 1.54) is 18.4 Å². The first-order chi connectivity index (χ1) is 14.2. The van der Waals surface area contributed by atoms with E-state index < -0.39 is 0 Å². The smallest absolute Gasteiger partial charge is 0.191 e. The van der Waals surface area contributed by atoms with Gasteiger partial charge in [0, 0.05) is 65.0 Å². The Kier molecular flexibility index (Phi) is 11.4. The zero-order valence-corrected chi connectivity index (χ0v) is 21.2. The molecule has 2 fully saturated rings. The van der Waals surface area contributed by atoms with E-state index in [-0.39, 0.29) is 24.0 Å². The molecule has 1 aromatic carbocycles. The lowest BCUT2D eigenvalue weighted by molar-refractivity contribution is 0.134. The summed E-state index contributed by atoms with van der Waals surface area (Å²) >= 11 is 0. The van der Waals surface area contributed by atoms with E-state index in [1.54, 1.807) is 7.11 Å². The molecule has 2 atom stereocenters. The third-order valence-corrected chi connectivity index (χ3v) is 6.14. The highest BCUT2D eigenvalue weighted by molar-refractivity contribution is 14.0. The van der Waals surface area contributed by atoms with Crippen LogP contribution in [0, 0.1) is 0 Å². The highest BCUT2D eigenvalue weighted by Gasteiger charge is 2.28. The lowest BCUT2D eigenvalue weighted by Gasteiger charge is -2.38. The van der Waals surface area contributed by atoms with Gasteiger partial charge in [0.15, 0.2) is 5.96 Å². The molecular weight excluding hydrogens is 489 g/mol. The van der Waals surface area contributed by atoms with Crippen molar-refractivity contribution in [2.75, 3.05) is 46.9 Å². The molecule has 170 valence electrons. The summed E-state index contributed by atoms with van der Waals surface area (Å²) in [6.45, 7) is 8.30. The fourth-order valence-corrected chi connectivity index (χ4v) is 4.24. The van der Waals surface area contributed by atoms with Gasteiger partial charge in [0.1, 0.15) is 0 Å². The van der Waals surface area contributed by atoms with Gasteiger partial charge in [-0.1, -0.05) is 30.3 Å². The molecule has 2 N–H and O–H groups in total. The van der Waals surface area contributed by atoms with Gasteiger partial charge in [0.2, 0.25) is 0 Å². The highest BCUT2D eigenvalue weighted by Crippen LogP contribution is 2.26. The molecule has 30 heavy (non-hydrogen) atoms. The first-order valence-corrected chi connectivity index (χ1v) is 11.2. The van der Waals surface area contributed by atoms with Gasteiger partial charge in [-0.25, -0.2) is 0 Å². The molecule has 0 aromatic heterocycles. The molecule has 1 aliphatic heterocycles.